The molecule has 2 aromatic carbocycles. The van der Waals surface area contributed by atoms with E-state index in [9.17, 15) is 9.18 Å². The highest BCUT2D eigenvalue weighted by molar-refractivity contribution is 9.10. The minimum atomic E-state index is -0.507. The van der Waals surface area contributed by atoms with E-state index in [1.807, 2.05) is 32.0 Å². The summed E-state index contributed by atoms with van der Waals surface area (Å²) in [7, 11) is 0. The van der Waals surface area contributed by atoms with Crippen LogP contribution in [0.5, 0.6) is 5.75 Å². The molecule has 0 spiro atoms. The predicted molar refractivity (Wildman–Crippen MR) is 88.8 cm³/mol. The second-order valence-electron chi connectivity index (χ2n) is 4.87. The summed E-state index contributed by atoms with van der Waals surface area (Å²) in [6.45, 7) is 3.72. The molecule has 0 bridgehead atoms. The smallest absolute Gasteiger partial charge is 0.262 e. The van der Waals surface area contributed by atoms with E-state index in [0.717, 1.165) is 23.2 Å². The molecule has 0 aliphatic carbocycles. The first kappa shape index (κ1) is 16.5. The Morgan fingerprint density at radius 2 is 2.09 bits per heavy atom. The summed E-state index contributed by atoms with van der Waals surface area (Å²) in [5.74, 6) is -0.766. The fraction of sp³-hybridized carbons (Fsp3) is 0.235. The van der Waals surface area contributed by atoms with Gasteiger partial charge >= 0.3 is 0 Å². The Kier molecular flexibility index (Phi) is 5.55. The van der Waals surface area contributed by atoms with Crippen molar-refractivity contribution in [3.8, 4) is 5.75 Å². The monoisotopic (exact) mass is 365 g/mol. The number of carbonyl (C=O) groups is 1. The van der Waals surface area contributed by atoms with Gasteiger partial charge in [-0.2, -0.15) is 0 Å². The average molecular weight is 366 g/mol. The van der Waals surface area contributed by atoms with E-state index in [1.54, 1.807) is 6.07 Å². The SMILES string of the molecule is CCc1cccc(C)c1NC(=O)COc1ccc(Br)cc1F. The summed E-state index contributed by atoms with van der Waals surface area (Å²) >= 11 is 3.17. The molecule has 0 unspecified atom stereocenters. The molecule has 22 heavy (non-hydrogen) atoms. The molecule has 0 aliphatic heterocycles. The van der Waals surface area contributed by atoms with Gasteiger partial charge in [0.15, 0.2) is 18.2 Å². The molecule has 0 atom stereocenters. The third-order valence-corrected chi connectivity index (χ3v) is 3.75. The summed E-state index contributed by atoms with van der Waals surface area (Å²) in [4.78, 5) is 12.0. The molecule has 5 heteroatoms. The van der Waals surface area contributed by atoms with Gasteiger partial charge in [-0.1, -0.05) is 41.1 Å². The Morgan fingerprint density at radius 1 is 1.32 bits per heavy atom. The number of anilines is 1. The lowest BCUT2D eigenvalue weighted by atomic mass is 10.1. The number of benzene rings is 2. The van der Waals surface area contributed by atoms with Crippen LogP contribution in [0.15, 0.2) is 40.9 Å². The molecule has 2 rings (SSSR count). The van der Waals surface area contributed by atoms with Crippen LogP contribution in [0.3, 0.4) is 0 Å². The Hall–Kier alpha value is -1.88. The van der Waals surface area contributed by atoms with E-state index in [2.05, 4.69) is 21.2 Å². The van der Waals surface area contributed by atoms with Gasteiger partial charge < -0.3 is 10.1 Å². The van der Waals surface area contributed by atoms with Crippen LogP contribution in [-0.4, -0.2) is 12.5 Å². The van der Waals surface area contributed by atoms with Crippen LogP contribution >= 0.6 is 15.9 Å². The zero-order valence-electron chi connectivity index (χ0n) is 12.5. The highest BCUT2D eigenvalue weighted by Gasteiger charge is 2.11. The number of rotatable bonds is 5. The molecular weight excluding hydrogens is 349 g/mol. The molecule has 0 radical (unpaired) electrons. The van der Waals surface area contributed by atoms with Crippen LogP contribution < -0.4 is 10.1 Å². The van der Waals surface area contributed by atoms with Crippen molar-refractivity contribution < 1.29 is 13.9 Å². The van der Waals surface area contributed by atoms with Crippen LogP contribution in [0, 0.1) is 12.7 Å². The van der Waals surface area contributed by atoms with Gasteiger partial charge in [-0.05, 0) is 42.7 Å². The number of halogens is 2. The number of nitrogens with one attached hydrogen (secondary N) is 1. The van der Waals surface area contributed by atoms with Gasteiger partial charge in [0, 0.05) is 10.2 Å². The number of amides is 1. The van der Waals surface area contributed by atoms with E-state index < -0.39 is 5.82 Å². The number of ether oxygens (including phenoxy) is 1. The molecule has 1 N–H and O–H groups in total. The maximum absolute atomic E-state index is 13.6. The number of para-hydroxylation sites is 1. The average Bonchev–Trinajstić information content (AvgIpc) is 2.48. The van der Waals surface area contributed by atoms with Crippen molar-refractivity contribution in [2.24, 2.45) is 0 Å². The van der Waals surface area contributed by atoms with Crippen LogP contribution in [0.25, 0.3) is 0 Å². The molecule has 0 aromatic heterocycles. The molecule has 0 fully saturated rings. The lowest BCUT2D eigenvalue weighted by molar-refractivity contribution is -0.118. The number of hydrogen-bond donors (Lipinski definition) is 1. The molecule has 0 heterocycles. The van der Waals surface area contributed by atoms with Crippen LogP contribution in [0.1, 0.15) is 18.1 Å². The fourth-order valence-corrected chi connectivity index (χ4v) is 2.45. The van der Waals surface area contributed by atoms with E-state index in [1.165, 1.54) is 12.1 Å². The summed E-state index contributed by atoms with van der Waals surface area (Å²) < 4.78 is 19.5. The van der Waals surface area contributed by atoms with Crippen molar-refractivity contribution in [3.63, 3.8) is 0 Å². The molecule has 2 aromatic rings. The molecule has 1 amide bonds. The van der Waals surface area contributed by atoms with Crippen LogP contribution in [0.2, 0.25) is 0 Å². The van der Waals surface area contributed by atoms with Crippen molar-refractivity contribution in [2.75, 3.05) is 11.9 Å². The maximum atomic E-state index is 13.6. The van der Waals surface area contributed by atoms with Crippen molar-refractivity contribution in [1.29, 1.82) is 0 Å². The first-order valence-electron chi connectivity index (χ1n) is 6.97. The minimum absolute atomic E-state index is 0.0545. The minimum Gasteiger partial charge on any atom is -0.481 e. The van der Waals surface area contributed by atoms with Gasteiger partial charge in [-0.15, -0.1) is 0 Å². The highest BCUT2D eigenvalue weighted by Crippen LogP contribution is 2.23. The Bertz CT molecular complexity index is 688. The molecule has 3 nitrogen and oxygen atoms in total. The first-order chi connectivity index (χ1) is 10.5. The number of hydrogen-bond acceptors (Lipinski definition) is 2. The molecule has 0 saturated heterocycles. The Balaban J connectivity index is 2.02. The predicted octanol–water partition coefficient (Wildman–Crippen LogP) is 4.48. The van der Waals surface area contributed by atoms with Crippen molar-refractivity contribution in [1.82, 2.24) is 0 Å². The van der Waals surface area contributed by atoms with E-state index in [-0.39, 0.29) is 18.3 Å². The second kappa shape index (κ2) is 7.40. The van der Waals surface area contributed by atoms with Crippen LogP contribution in [0.4, 0.5) is 10.1 Å². The van der Waals surface area contributed by atoms with Gasteiger partial charge in [0.2, 0.25) is 0 Å². The second-order valence-corrected chi connectivity index (χ2v) is 5.79. The molecular formula is C17H17BrFNO2. The Labute approximate surface area is 137 Å². The quantitative estimate of drug-likeness (QED) is 0.848. The van der Waals surface area contributed by atoms with Crippen molar-refractivity contribution >= 4 is 27.5 Å². The third-order valence-electron chi connectivity index (χ3n) is 3.26. The summed E-state index contributed by atoms with van der Waals surface area (Å²) in [5.41, 5.74) is 2.85. The standard InChI is InChI=1S/C17H17BrFNO2/c1-3-12-6-4-5-11(2)17(12)20-16(21)10-22-15-8-7-13(18)9-14(15)19/h4-9H,3,10H2,1-2H3,(H,20,21). The maximum Gasteiger partial charge on any atom is 0.262 e. The highest BCUT2D eigenvalue weighted by atomic mass is 79.9. The zero-order chi connectivity index (χ0) is 16.1. The first-order valence-corrected chi connectivity index (χ1v) is 7.76. The number of carbonyl (C=O) groups excluding carboxylic acids is 1. The van der Waals surface area contributed by atoms with E-state index in [4.69, 9.17) is 4.74 Å². The van der Waals surface area contributed by atoms with Gasteiger partial charge in [0.1, 0.15) is 0 Å². The molecule has 0 saturated carbocycles. The molecule has 0 aliphatic rings. The zero-order valence-corrected chi connectivity index (χ0v) is 14.0. The van der Waals surface area contributed by atoms with Gasteiger partial charge in [-0.3, -0.25) is 4.79 Å². The van der Waals surface area contributed by atoms with Gasteiger partial charge in [0.25, 0.3) is 5.91 Å². The number of aryl methyl sites for hydroxylation is 2. The largest absolute Gasteiger partial charge is 0.481 e. The lowest BCUT2D eigenvalue weighted by Gasteiger charge is -2.13. The summed E-state index contributed by atoms with van der Waals surface area (Å²) in [6, 6.07) is 10.3. The summed E-state index contributed by atoms with van der Waals surface area (Å²) in [6.07, 6.45) is 0.819. The topological polar surface area (TPSA) is 38.3 Å². The third kappa shape index (κ3) is 4.07. The van der Waals surface area contributed by atoms with E-state index in [0.29, 0.717) is 4.47 Å². The summed E-state index contributed by atoms with van der Waals surface area (Å²) in [5, 5.41) is 2.84. The molecule has 116 valence electrons. The van der Waals surface area contributed by atoms with Gasteiger partial charge in [-0.25, -0.2) is 4.39 Å². The van der Waals surface area contributed by atoms with E-state index >= 15 is 0 Å². The van der Waals surface area contributed by atoms with Gasteiger partial charge in [0.05, 0.1) is 0 Å². The normalized spacial score (nSPS) is 10.4. The van der Waals surface area contributed by atoms with Crippen LogP contribution in [-0.2, 0) is 11.2 Å². The van der Waals surface area contributed by atoms with Crippen molar-refractivity contribution in [3.05, 3.63) is 57.8 Å². The lowest BCUT2D eigenvalue weighted by Crippen LogP contribution is -2.21. The fourth-order valence-electron chi connectivity index (χ4n) is 2.11. The van der Waals surface area contributed by atoms with Crippen molar-refractivity contribution in [2.45, 2.75) is 20.3 Å². The Morgan fingerprint density at radius 3 is 2.77 bits per heavy atom.